The van der Waals surface area contributed by atoms with Crippen molar-refractivity contribution in [1.82, 2.24) is 10.2 Å². The number of nitrogens with one attached hydrogen (secondary N) is 1. The van der Waals surface area contributed by atoms with Crippen LogP contribution in [0.15, 0.2) is 0 Å². The van der Waals surface area contributed by atoms with Crippen molar-refractivity contribution in [2.75, 3.05) is 19.6 Å². The summed E-state index contributed by atoms with van der Waals surface area (Å²) in [4.78, 5) is 2.59. The lowest BCUT2D eigenvalue weighted by molar-refractivity contribution is 0.161. The maximum atomic E-state index is 3.73. The molecule has 1 saturated heterocycles. The van der Waals surface area contributed by atoms with Gasteiger partial charge in [-0.3, -0.25) is 0 Å². The summed E-state index contributed by atoms with van der Waals surface area (Å²) in [5, 5.41) is 3.73. The summed E-state index contributed by atoms with van der Waals surface area (Å²) < 4.78 is 0. The molecule has 104 valence electrons. The van der Waals surface area contributed by atoms with Gasteiger partial charge in [-0.25, -0.2) is 0 Å². The van der Waals surface area contributed by atoms with E-state index >= 15 is 0 Å². The Hall–Kier alpha value is -0.0800. The second kappa shape index (κ2) is 8.10. The van der Waals surface area contributed by atoms with E-state index in [4.69, 9.17) is 0 Å². The molecule has 0 saturated carbocycles. The number of hydrogen-bond acceptors (Lipinski definition) is 2. The van der Waals surface area contributed by atoms with Gasteiger partial charge in [0.1, 0.15) is 0 Å². The number of nitrogens with zero attached hydrogens (tertiary/aromatic N) is 1. The fraction of sp³-hybridized carbons (Fsp3) is 1.00. The SMILES string of the molecule is CCC(C)CCCNC1CCN(C(C)C)CC1.[HH]. The molecule has 1 heterocycles. The zero-order valence-corrected chi connectivity index (χ0v) is 12.3. The third kappa shape index (κ3) is 5.87. The van der Waals surface area contributed by atoms with E-state index in [2.05, 4.69) is 37.9 Å². The van der Waals surface area contributed by atoms with Crippen molar-refractivity contribution >= 4 is 0 Å². The van der Waals surface area contributed by atoms with Gasteiger partial charge in [0.2, 0.25) is 0 Å². The highest BCUT2D eigenvalue weighted by Gasteiger charge is 2.19. The quantitative estimate of drug-likeness (QED) is 0.687. The highest BCUT2D eigenvalue weighted by Crippen LogP contribution is 2.13. The summed E-state index contributed by atoms with van der Waals surface area (Å²) in [5.74, 6) is 0.902. The monoisotopic (exact) mass is 242 g/mol. The zero-order valence-electron chi connectivity index (χ0n) is 12.3. The Morgan fingerprint density at radius 2 is 1.88 bits per heavy atom. The van der Waals surface area contributed by atoms with Crippen LogP contribution in [0.2, 0.25) is 0 Å². The number of rotatable bonds is 7. The Bertz CT molecular complexity index is 189. The molecule has 1 fully saturated rings. The second-order valence-electron chi connectivity index (χ2n) is 6.01. The van der Waals surface area contributed by atoms with Crippen LogP contribution < -0.4 is 5.32 Å². The van der Waals surface area contributed by atoms with Gasteiger partial charge in [-0.1, -0.05) is 20.3 Å². The van der Waals surface area contributed by atoms with E-state index in [-0.39, 0.29) is 1.43 Å². The van der Waals surface area contributed by atoms with E-state index in [1.54, 1.807) is 0 Å². The fourth-order valence-corrected chi connectivity index (χ4v) is 2.58. The van der Waals surface area contributed by atoms with E-state index in [0.29, 0.717) is 0 Å². The predicted octanol–water partition coefficient (Wildman–Crippen LogP) is 3.52. The van der Waals surface area contributed by atoms with Crippen molar-refractivity contribution in [2.45, 2.75) is 71.9 Å². The molecule has 0 aromatic rings. The first-order chi connectivity index (χ1) is 8.13. The molecule has 2 nitrogen and oxygen atoms in total. The maximum Gasteiger partial charge on any atom is 0.00914 e. The van der Waals surface area contributed by atoms with Crippen molar-refractivity contribution in [3.63, 3.8) is 0 Å². The summed E-state index contributed by atoms with van der Waals surface area (Å²) in [7, 11) is 0. The number of piperidine rings is 1. The van der Waals surface area contributed by atoms with Crippen molar-refractivity contribution in [3.05, 3.63) is 0 Å². The molecular weight excluding hydrogens is 208 g/mol. The predicted molar refractivity (Wildman–Crippen MR) is 78.5 cm³/mol. The Labute approximate surface area is 110 Å². The lowest BCUT2D eigenvalue weighted by atomic mass is 10.0. The van der Waals surface area contributed by atoms with Crippen molar-refractivity contribution < 1.29 is 1.43 Å². The Morgan fingerprint density at radius 3 is 2.41 bits per heavy atom. The molecule has 1 rings (SSSR count). The molecule has 1 N–H and O–H groups in total. The Morgan fingerprint density at radius 1 is 1.24 bits per heavy atom. The Kier molecular flexibility index (Phi) is 7.14. The van der Waals surface area contributed by atoms with Crippen LogP contribution >= 0.6 is 0 Å². The van der Waals surface area contributed by atoms with E-state index in [1.165, 1.54) is 51.7 Å². The van der Waals surface area contributed by atoms with Crippen molar-refractivity contribution in [1.29, 1.82) is 0 Å². The van der Waals surface area contributed by atoms with Crippen LogP contribution in [0.3, 0.4) is 0 Å². The smallest absolute Gasteiger partial charge is 0.00914 e. The van der Waals surface area contributed by atoms with Crippen LogP contribution in [0.5, 0.6) is 0 Å². The molecule has 1 atom stereocenters. The normalized spacial score (nSPS) is 21.0. The molecule has 17 heavy (non-hydrogen) atoms. The minimum absolute atomic E-state index is 0. The average Bonchev–Trinajstić information content (AvgIpc) is 2.34. The maximum absolute atomic E-state index is 3.73. The molecule has 0 spiro atoms. The van der Waals surface area contributed by atoms with Crippen LogP contribution in [-0.2, 0) is 0 Å². The van der Waals surface area contributed by atoms with Gasteiger partial charge in [0.25, 0.3) is 0 Å². The van der Waals surface area contributed by atoms with E-state index in [0.717, 1.165) is 18.0 Å². The topological polar surface area (TPSA) is 15.3 Å². The largest absolute Gasteiger partial charge is 0.314 e. The lowest BCUT2D eigenvalue weighted by Gasteiger charge is -2.35. The molecule has 0 aromatic carbocycles. The van der Waals surface area contributed by atoms with Gasteiger partial charge in [0, 0.05) is 13.5 Å². The van der Waals surface area contributed by atoms with Gasteiger partial charge in [-0.05, 0) is 65.1 Å². The second-order valence-corrected chi connectivity index (χ2v) is 6.01. The summed E-state index contributed by atoms with van der Waals surface area (Å²) in [6.07, 6.45) is 6.73. The molecule has 1 aliphatic heterocycles. The highest BCUT2D eigenvalue weighted by atomic mass is 15.2. The van der Waals surface area contributed by atoms with Crippen LogP contribution in [0.4, 0.5) is 0 Å². The van der Waals surface area contributed by atoms with Gasteiger partial charge in [-0.15, -0.1) is 0 Å². The minimum Gasteiger partial charge on any atom is -0.314 e. The fourth-order valence-electron chi connectivity index (χ4n) is 2.58. The molecule has 0 aliphatic carbocycles. The first-order valence-corrected chi connectivity index (χ1v) is 7.61. The standard InChI is InChI=1S/C15H32N2.H2/c1-5-14(4)7-6-10-16-15-8-11-17(12-9-15)13(2)3;/h13-16H,5-12H2,1-4H3;1H. The molecule has 0 radical (unpaired) electrons. The van der Waals surface area contributed by atoms with Gasteiger partial charge < -0.3 is 10.2 Å². The third-order valence-electron chi connectivity index (χ3n) is 4.26. The van der Waals surface area contributed by atoms with Crippen LogP contribution in [0.25, 0.3) is 0 Å². The van der Waals surface area contributed by atoms with Crippen molar-refractivity contribution in [3.8, 4) is 0 Å². The first-order valence-electron chi connectivity index (χ1n) is 7.61. The lowest BCUT2D eigenvalue weighted by Crippen LogP contribution is -2.45. The van der Waals surface area contributed by atoms with Crippen LogP contribution in [0, 0.1) is 5.92 Å². The van der Waals surface area contributed by atoms with E-state index in [1.807, 2.05) is 0 Å². The van der Waals surface area contributed by atoms with E-state index in [9.17, 15) is 0 Å². The Balaban J connectivity index is 0.00000289. The van der Waals surface area contributed by atoms with Crippen molar-refractivity contribution in [2.24, 2.45) is 5.92 Å². The summed E-state index contributed by atoms with van der Waals surface area (Å²) in [6, 6.07) is 1.50. The molecule has 1 unspecified atom stereocenters. The molecule has 0 aromatic heterocycles. The first kappa shape index (κ1) is 15.0. The highest BCUT2D eigenvalue weighted by molar-refractivity contribution is 4.78. The van der Waals surface area contributed by atoms with Crippen LogP contribution in [-0.4, -0.2) is 36.6 Å². The zero-order chi connectivity index (χ0) is 12.7. The summed E-state index contributed by atoms with van der Waals surface area (Å²) in [5.41, 5.74) is 0. The van der Waals surface area contributed by atoms with Gasteiger partial charge in [0.15, 0.2) is 0 Å². The van der Waals surface area contributed by atoms with E-state index < -0.39 is 0 Å². The molecule has 0 bridgehead atoms. The summed E-state index contributed by atoms with van der Waals surface area (Å²) >= 11 is 0. The van der Waals surface area contributed by atoms with Gasteiger partial charge in [-0.2, -0.15) is 0 Å². The molecule has 2 heteroatoms. The number of likely N-dealkylation sites (tertiary alicyclic amines) is 1. The average molecular weight is 242 g/mol. The molecular formula is C15H34N2. The minimum atomic E-state index is 0. The van der Waals surface area contributed by atoms with Crippen LogP contribution in [0.1, 0.15) is 61.2 Å². The number of hydrogen-bond donors (Lipinski definition) is 1. The summed E-state index contributed by atoms with van der Waals surface area (Å²) in [6.45, 7) is 13.0. The molecule has 1 aliphatic rings. The molecule has 0 amide bonds. The van der Waals surface area contributed by atoms with Gasteiger partial charge >= 0.3 is 0 Å². The van der Waals surface area contributed by atoms with Gasteiger partial charge in [0.05, 0.1) is 0 Å². The third-order valence-corrected chi connectivity index (χ3v) is 4.26.